The van der Waals surface area contributed by atoms with E-state index in [2.05, 4.69) is 9.72 Å². The van der Waals surface area contributed by atoms with Crippen LogP contribution < -0.4 is 0 Å². The Bertz CT molecular complexity index is 688. The maximum atomic E-state index is 12.8. The average molecular weight is 310 g/mol. The number of methoxy groups -OCH3 is 1. The first kappa shape index (κ1) is 15.5. The van der Waals surface area contributed by atoms with Gasteiger partial charge in [0, 0.05) is 18.8 Å². The Morgan fingerprint density at radius 2 is 2.24 bits per heavy atom. The average Bonchev–Trinajstić information content (AvgIpc) is 2.94. The number of esters is 1. The first-order valence-electron chi connectivity index (χ1n) is 6.59. The lowest BCUT2D eigenvalue weighted by molar-refractivity contribution is -0.140. The van der Waals surface area contributed by atoms with E-state index in [1.165, 1.54) is 23.5 Å². The zero-order chi connectivity index (χ0) is 15.5. The predicted octanol–water partition coefficient (Wildman–Crippen LogP) is 1.44. The monoisotopic (exact) mass is 310 g/mol. The Labute approximate surface area is 124 Å². The molecule has 0 radical (unpaired) electrons. The first-order valence-corrected chi connectivity index (χ1v) is 8.03. The van der Waals surface area contributed by atoms with Crippen LogP contribution in [0.4, 0.5) is 0 Å². The van der Waals surface area contributed by atoms with Crippen molar-refractivity contribution >= 4 is 16.0 Å². The molecule has 0 saturated heterocycles. The summed E-state index contributed by atoms with van der Waals surface area (Å²) in [6.07, 6.45) is 10.6. The van der Waals surface area contributed by atoms with Gasteiger partial charge in [0.1, 0.15) is 10.6 Å². The Morgan fingerprint density at radius 1 is 1.48 bits per heavy atom. The van der Waals surface area contributed by atoms with Crippen LogP contribution in [-0.4, -0.2) is 35.2 Å². The number of aromatic nitrogens is 2. The molecule has 1 heterocycles. The van der Waals surface area contributed by atoms with Gasteiger partial charge in [-0.2, -0.15) is 0 Å². The molecule has 1 unspecified atom stereocenters. The molecule has 6 nitrogen and oxygen atoms in total. The molecule has 0 aliphatic heterocycles. The van der Waals surface area contributed by atoms with Crippen molar-refractivity contribution in [2.24, 2.45) is 0 Å². The van der Waals surface area contributed by atoms with E-state index in [1.54, 1.807) is 19.1 Å². The van der Waals surface area contributed by atoms with Gasteiger partial charge in [-0.1, -0.05) is 24.3 Å². The summed E-state index contributed by atoms with van der Waals surface area (Å²) in [7, 11) is -2.34. The van der Waals surface area contributed by atoms with Crippen molar-refractivity contribution in [1.29, 1.82) is 0 Å². The van der Waals surface area contributed by atoms with E-state index in [-0.39, 0.29) is 12.8 Å². The third-order valence-electron chi connectivity index (χ3n) is 3.53. The van der Waals surface area contributed by atoms with Gasteiger partial charge >= 0.3 is 5.97 Å². The number of hydrogen-bond donors (Lipinski definition) is 0. The number of ether oxygens (including phenoxy) is 1. The Kier molecular flexibility index (Phi) is 4.32. The standard InChI is InChI=1S/C14H18N2O4S/c1-14(8-4-3-5-9-14)21(18,19)16-11-10-15-12(16)6-7-13(17)20-2/h3-5,8,10-11H,6-7,9H2,1-2H3. The van der Waals surface area contributed by atoms with E-state index in [9.17, 15) is 13.2 Å². The summed E-state index contributed by atoms with van der Waals surface area (Å²) < 4.78 is 30.4. The SMILES string of the molecule is COC(=O)CCc1nccn1S(=O)(=O)C1(C)C=CC=CC1. The van der Waals surface area contributed by atoms with Gasteiger partial charge in [0.15, 0.2) is 0 Å². The lowest BCUT2D eigenvalue weighted by Crippen LogP contribution is -2.38. The fraction of sp³-hybridized carbons (Fsp3) is 0.429. The highest BCUT2D eigenvalue weighted by Crippen LogP contribution is 2.29. The van der Waals surface area contributed by atoms with Crippen LogP contribution in [0.1, 0.15) is 25.6 Å². The number of carbonyl (C=O) groups is 1. The molecule has 1 aliphatic carbocycles. The molecule has 1 aromatic rings. The van der Waals surface area contributed by atoms with Crippen LogP contribution >= 0.6 is 0 Å². The molecule has 1 aliphatic rings. The maximum absolute atomic E-state index is 12.8. The first-order chi connectivity index (χ1) is 9.90. The molecule has 0 aromatic carbocycles. The van der Waals surface area contributed by atoms with Crippen molar-refractivity contribution in [3.63, 3.8) is 0 Å². The summed E-state index contributed by atoms with van der Waals surface area (Å²) in [6.45, 7) is 1.67. The lowest BCUT2D eigenvalue weighted by atomic mass is 10.0. The number of nitrogens with zero attached hydrogens (tertiary/aromatic N) is 2. The zero-order valence-electron chi connectivity index (χ0n) is 12.0. The smallest absolute Gasteiger partial charge is 0.305 e. The molecular weight excluding hydrogens is 292 g/mol. The molecule has 0 N–H and O–H groups in total. The molecule has 0 saturated carbocycles. The summed E-state index contributed by atoms with van der Waals surface area (Å²) in [5, 5.41) is 0. The van der Waals surface area contributed by atoms with E-state index in [4.69, 9.17) is 0 Å². The van der Waals surface area contributed by atoms with Gasteiger partial charge in [-0.15, -0.1) is 0 Å². The number of imidazole rings is 1. The molecule has 2 rings (SSSR count). The summed E-state index contributed by atoms with van der Waals surface area (Å²) >= 11 is 0. The van der Waals surface area contributed by atoms with Crippen LogP contribution in [0, 0.1) is 0 Å². The molecule has 21 heavy (non-hydrogen) atoms. The van der Waals surface area contributed by atoms with Gasteiger partial charge < -0.3 is 4.74 Å². The van der Waals surface area contributed by atoms with E-state index in [0.717, 1.165) is 0 Å². The zero-order valence-corrected chi connectivity index (χ0v) is 12.8. The minimum Gasteiger partial charge on any atom is -0.469 e. The molecule has 1 aromatic heterocycles. The Morgan fingerprint density at radius 3 is 2.86 bits per heavy atom. The van der Waals surface area contributed by atoms with Crippen molar-refractivity contribution in [3.8, 4) is 0 Å². The van der Waals surface area contributed by atoms with Crippen LogP contribution in [0.3, 0.4) is 0 Å². The number of rotatable bonds is 5. The van der Waals surface area contributed by atoms with Crippen LogP contribution in [-0.2, 0) is 26.0 Å². The number of carbonyl (C=O) groups excluding carboxylic acids is 1. The second-order valence-corrected chi connectivity index (χ2v) is 7.30. The second-order valence-electron chi connectivity index (χ2n) is 5.02. The maximum Gasteiger partial charge on any atom is 0.305 e. The van der Waals surface area contributed by atoms with Gasteiger partial charge in [-0.05, 0) is 13.3 Å². The van der Waals surface area contributed by atoms with Crippen molar-refractivity contribution in [1.82, 2.24) is 8.96 Å². The predicted molar refractivity (Wildman–Crippen MR) is 78.2 cm³/mol. The molecule has 7 heteroatoms. The summed E-state index contributed by atoms with van der Waals surface area (Å²) in [5.41, 5.74) is 0. The van der Waals surface area contributed by atoms with Gasteiger partial charge in [0.2, 0.25) is 10.0 Å². The fourth-order valence-electron chi connectivity index (χ4n) is 2.16. The van der Waals surface area contributed by atoms with Gasteiger partial charge in [0.05, 0.1) is 13.5 Å². The number of allylic oxidation sites excluding steroid dienone is 3. The third kappa shape index (κ3) is 2.92. The molecule has 114 valence electrons. The van der Waals surface area contributed by atoms with E-state index in [0.29, 0.717) is 12.2 Å². The Balaban J connectivity index is 2.29. The summed E-state index contributed by atoms with van der Waals surface area (Å²) in [4.78, 5) is 15.3. The summed E-state index contributed by atoms with van der Waals surface area (Å²) in [6, 6.07) is 0. The third-order valence-corrected chi connectivity index (χ3v) is 5.86. The van der Waals surface area contributed by atoms with Crippen LogP contribution in [0.5, 0.6) is 0 Å². The van der Waals surface area contributed by atoms with Gasteiger partial charge in [-0.25, -0.2) is 17.4 Å². The van der Waals surface area contributed by atoms with Crippen molar-refractivity contribution in [3.05, 3.63) is 42.5 Å². The fourth-order valence-corrected chi connectivity index (χ4v) is 3.79. The normalized spacial score (nSPS) is 21.4. The van der Waals surface area contributed by atoms with E-state index >= 15 is 0 Å². The van der Waals surface area contributed by atoms with E-state index in [1.807, 2.05) is 12.2 Å². The van der Waals surface area contributed by atoms with Gasteiger partial charge in [-0.3, -0.25) is 4.79 Å². The van der Waals surface area contributed by atoms with E-state index < -0.39 is 20.7 Å². The quantitative estimate of drug-likeness (QED) is 0.769. The van der Waals surface area contributed by atoms with Crippen molar-refractivity contribution in [2.45, 2.75) is 30.9 Å². The molecule has 0 amide bonds. The molecule has 0 spiro atoms. The topological polar surface area (TPSA) is 78.3 Å². The summed E-state index contributed by atoms with van der Waals surface area (Å²) in [5.74, 6) is -0.0572. The number of aryl methyl sites for hydroxylation is 1. The molecular formula is C14H18N2O4S. The second kappa shape index (κ2) is 5.85. The van der Waals surface area contributed by atoms with Gasteiger partial charge in [0.25, 0.3) is 0 Å². The minimum absolute atomic E-state index is 0.0927. The largest absolute Gasteiger partial charge is 0.469 e. The van der Waals surface area contributed by atoms with Crippen LogP contribution in [0.15, 0.2) is 36.7 Å². The Hall–Kier alpha value is -1.89. The van der Waals surface area contributed by atoms with Crippen molar-refractivity contribution < 1.29 is 17.9 Å². The minimum atomic E-state index is -3.64. The lowest BCUT2D eigenvalue weighted by Gasteiger charge is -2.27. The highest BCUT2D eigenvalue weighted by atomic mass is 32.2. The van der Waals surface area contributed by atoms with Crippen LogP contribution in [0.25, 0.3) is 0 Å². The highest BCUT2D eigenvalue weighted by Gasteiger charge is 2.38. The van der Waals surface area contributed by atoms with Crippen molar-refractivity contribution in [2.75, 3.05) is 7.11 Å². The molecule has 1 atom stereocenters. The van der Waals surface area contributed by atoms with Crippen LogP contribution in [0.2, 0.25) is 0 Å². The highest BCUT2D eigenvalue weighted by molar-refractivity contribution is 7.91. The molecule has 0 bridgehead atoms. The molecule has 0 fully saturated rings. The number of hydrogen-bond acceptors (Lipinski definition) is 5.